The maximum absolute atomic E-state index is 12.1. The van der Waals surface area contributed by atoms with Crippen LogP contribution in [0.2, 0.25) is 0 Å². The molecule has 0 saturated carbocycles. The maximum Gasteiger partial charge on any atom is 0.363 e. The SMILES string of the molecule is CCCCCC(O)C#CC(F)(F)Br. The fourth-order valence-electron chi connectivity index (χ4n) is 0.825. The van der Waals surface area contributed by atoms with Crippen LogP contribution < -0.4 is 0 Å². The summed E-state index contributed by atoms with van der Waals surface area (Å²) in [5, 5.41) is 9.11. The van der Waals surface area contributed by atoms with Gasteiger partial charge >= 0.3 is 4.83 Å². The molecule has 4 heteroatoms. The molecule has 13 heavy (non-hydrogen) atoms. The van der Waals surface area contributed by atoms with E-state index in [-0.39, 0.29) is 0 Å². The summed E-state index contributed by atoms with van der Waals surface area (Å²) in [5.74, 6) is 3.72. The normalized spacial score (nSPS) is 13.3. The fourth-order valence-corrected chi connectivity index (χ4v) is 0.939. The predicted molar refractivity (Wildman–Crippen MR) is 51.8 cm³/mol. The Balaban J connectivity index is 3.71. The number of aliphatic hydroxyl groups excluding tert-OH is 1. The zero-order valence-electron chi connectivity index (χ0n) is 7.49. The summed E-state index contributed by atoms with van der Waals surface area (Å²) < 4.78 is 24.2. The molecule has 0 fully saturated rings. The first kappa shape index (κ1) is 12.9. The van der Waals surface area contributed by atoms with Crippen molar-refractivity contribution >= 4 is 15.9 Å². The molecule has 0 bridgehead atoms. The zero-order valence-corrected chi connectivity index (χ0v) is 9.07. The number of unbranched alkanes of at least 4 members (excludes halogenated alkanes) is 2. The van der Waals surface area contributed by atoms with E-state index in [1.165, 1.54) is 0 Å². The van der Waals surface area contributed by atoms with Crippen LogP contribution in [0.5, 0.6) is 0 Å². The first-order chi connectivity index (χ1) is 5.95. The largest absolute Gasteiger partial charge is 0.380 e. The van der Waals surface area contributed by atoms with Gasteiger partial charge in [-0.05, 0) is 18.8 Å². The second kappa shape index (κ2) is 6.33. The predicted octanol–water partition coefficient (Wildman–Crippen LogP) is 2.92. The van der Waals surface area contributed by atoms with Crippen molar-refractivity contribution in [3.8, 4) is 11.8 Å². The third kappa shape index (κ3) is 9.78. The van der Waals surface area contributed by atoms with E-state index in [1.807, 2.05) is 6.92 Å². The molecule has 0 saturated heterocycles. The monoisotopic (exact) mass is 254 g/mol. The van der Waals surface area contributed by atoms with Gasteiger partial charge in [0.2, 0.25) is 0 Å². The Labute approximate surface area is 85.7 Å². The summed E-state index contributed by atoms with van der Waals surface area (Å²) in [6.07, 6.45) is 2.37. The third-order valence-electron chi connectivity index (χ3n) is 1.46. The van der Waals surface area contributed by atoms with Gasteiger partial charge in [0.1, 0.15) is 6.10 Å². The quantitative estimate of drug-likeness (QED) is 0.465. The summed E-state index contributed by atoms with van der Waals surface area (Å²) in [7, 11) is 0. The Kier molecular flexibility index (Phi) is 6.27. The van der Waals surface area contributed by atoms with Gasteiger partial charge in [-0.2, -0.15) is 8.78 Å². The minimum Gasteiger partial charge on any atom is -0.380 e. The van der Waals surface area contributed by atoms with Crippen molar-refractivity contribution in [2.24, 2.45) is 0 Å². The number of halogens is 3. The smallest absolute Gasteiger partial charge is 0.363 e. The van der Waals surface area contributed by atoms with Gasteiger partial charge < -0.3 is 5.11 Å². The lowest BCUT2D eigenvalue weighted by Crippen LogP contribution is -2.06. The molecule has 1 nitrogen and oxygen atoms in total. The highest BCUT2D eigenvalue weighted by Gasteiger charge is 2.19. The van der Waals surface area contributed by atoms with Crippen LogP contribution in [0.3, 0.4) is 0 Å². The van der Waals surface area contributed by atoms with Gasteiger partial charge in [0.25, 0.3) is 0 Å². The Morgan fingerprint density at radius 2 is 2.08 bits per heavy atom. The number of alkyl halides is 3. The standard InChI is InChI=1S/C9H13BrF2O/c1-2-3-4-5-8(13)6-7-9(10,11)12/h8,13H,2-5H2,1H3. The van der Waals surface area contributed by atoms with Crippen LogP contribution in [-0.4, -0.2) is 16.0 Å². The summed E-state index contributed by atoms with van der Waals surface area (Å²) in [5.41, 5.74) is 0. The molecule has 0 aliphatic carbocycles. The first-order valence-corrected chi connectivity index (χ1v) is 5.02. The van der Waals surface area contributed by atoms with Crippen LogP contribution in [0.1, 0.15) is 32.6 Å². The van der Waals surface area contributed by atoms with Gasteiger partial charge in [0, 0.05) is 15.9 Å². The molecule has 0 amide bonds. The van der Waals surface area contributed by atoms with Gasteiger partial charge in [-0.3, -0.25) is 0 Å². The van der Waals surface area contributed by atoms with Crippen molar-refractivity contribution < 1.29 is 13.9 Å². The highest BCUT2D eigenvalue weighted by atomic mass is 79.9. The van der Waals surface area contributed by atoms with Crippen LogP contribution in [0.15, 0.2) is 0 Å². The van der Waals surface area contributed by atoms with E-state index in [0.717, 1.165) is 19.3 Å². The molecule has 0 spiro atoms. The van der Waals surface area contributed by atoms with Crippen molar-refractivity contribution in [1.29, 1.82) is 0 Å². The maximum atomic E-state index is 12.1. The first-order valence-electron chi connectivity index (χ1n) is 4.23. The Morgan fingerprint density at radius 1 is 1.46 bits per heavy atom. The van der Waals surface area contributed by atoms with Crippen LogP contribution in [-0.2, 0) is 0 Å². The van der Waals surface area contributed by atoms with E-state index < -0.39 is 10.9 Å². The molecule has 0 heterocycles. The lowest BCUT2D eigenvalue weighted by molar-refractivity contribution is 0.179. The van der Waals surface area contributed by atoms with E-state index in [1.54, 1.807) is 5.92 Å². The molecule has 1 atom stereocenters. The van der Waals surface area contributed by atoms with Crippen LogP contribution in [0, 0.1) is 11.8 Å². The van der Waals surface area contributed by atoms with Crippen molar-refractivity contribution in [1.82, 2.24) is 0 Å². The van der Waals surface area contributed by atoms with Gasteiger partial charge in [-0.1, -0.05) is 25.7 Å². The Bertz CT molecular complexity index is 190. The number of hydrogen-bond acceptors (Lipinski definition) is 1. The van der Waals surface area contributed by atoms with Gasteiger partial charge in [-0.15, -0.1) is 0 Å². The second-order valence-corrected chi connectivity index (χ2v) is 3.77. The Hall–Kier alpha value is -0.140. The minimum absolute atomic E-state index is 0.462. The molecule has 0 aliphatic heterocycles. The molecule has 76 valence electrons. The lowest BCUT2D eigenvalue weighted by atomic mass is 10.1. The van der Waals surface area contributed by atoms with Gasteiger partial charge in [-0.25, -0.2) is 0 Å². The molecule has 0 aromatic heterocycles. The van der Waals surface area contributed by atoms with Gasteiger partial charge in [0.05, 0.1) is 0 Å². The lowest BCUT2D eigenvalue weighted by Gasteiger charge is -2.02. The molecule has 0 aromatic rings. The molecular weight excluding hydrogens is 242 g/mol. The summed E-state index contributed by atoms with van der Waals surface area (Å²) in [6.45, 7) is 2.03. The van der Waals surface area contributed by atoms with Crippen LogP contribution in [0.4, 0.5) is 8.78 Å². The summed E-state index contributed by atoms with van der Waals surface area (Å²) >= 11 is 2.07. The van der Waals surface area contributed by atoms with Gasteiger partial charge in [0.15, 0.2) is 0 Å². The molecule has 0 rings (SSSR count). The van der Waals surface area contributed by atoms with E-state index in [0.29, 0.717) is 6.42 Å². The summed E-state index contributed by atoms with van der Waals surface area (Å²) in [4.78, 5) is -3.18. The van der Waals surface area contributed by atoms with E-state index in [4.69, 9.17) is 5.11 Å². The van der Waals surface area contributed by atoms with E-state index in [2.05, 4.69) is 21.9 Å². The molecule has 0 aliphatic rings. The number of aliphatic hydroxyl groups is 1. The van der Waals surface area contributed by atoms with E-state index >= 15 is 0 Å². The van der Waals surface area contributed by atoms with Crippen molar-refractivity contribution in [3.05, 3.63) is 0 Å². The fraction of sp³-hybridized carbons (Fsp3) is 0.778. The van der Waals surface area contributed by atoms with Crippen LogP contribution in [0.25, 0.3) is 0 Å². The Morgan fingerprint density at radius 3 is 2.54 bits per heavy atom. The highest BCUT2D eigenvalue weighted by molar-refractivity contribution is 9.10. The van der Waals surface area contributed by atoms with Crippen LogP contribution >= 0.6 is 15.9 Å². The molecule has 1 unspecified atom stereocenters. The van der Waals surface area contributed by atoms with Crippen molar-refractivity contribution in [2.75, 3.05) is 0 Å². The molecular formula is C9H13BrF2O. The zero-order chi connectivity index (χ0) is 10.3. The summed E-state index contributed by atoms with van der Waals surface area (Å²) in [6, 6.07) is 0. The van der Waals surface area contributed by atoms with E-state index in [9.17, 15) is 8.78 Å². The number of hydrogen-bond donors (Lipinski definition) is 1. The highest BCUT2D eigenvalue weighted by Crippen LogP contribution is 2.19. The third-order valence-corrected chi connectivity index (χ3v) is 1.66. The topological polar surface area (TPSA) is 20.2 Å². The minimum atomic E-state index is -3.18. The average Bonchev–Trinajstić information content (AvgIpc) is 2.00. The van der Waals surface area contributed by atoms with Crippen molar-refractivity contribution in [2.45, 2.75) is 43.5 Å². The number of rotatable bonds is 4. The average molecular weight is 255 g/mol. The van der Waals surface area contributed by atoms with Crippen molar-refractivity contribution in [3.63, 3.8) is 0 Å². The molecule has 0 aromatic carbocycles. The molecule has 0 radical (unpaired) electrons. The molecule has 1 N–H and O–H groups in total. The second-order valence-electron chi connectivity index (χ2n) is 2.78.